The fraction of sp³-hybridized carbons (Fsp3) is 0.417. The van der Waals surface area contributed by atoms with E-state index >= 15 is 0 Å². The molecule has 3 heterocycles. The van der Waals surface area contributed by atoms with Gasteiger partial charge in [0.05, 0.1) is 11.7 Å². The zero-order chi connectivity index (χ0) is 23.2. The second-order valence-corrected chi connectivity index (χ2v) is 8.69. The number of halogens is 2. The number of fused-ring (bicyclic) bond motifs is 2. The molecule has 1 aromatic carbocycles. The third-order valence-electron chi connectivity index (χ3n) is 6.67. The molecule has 1 fully saturated rings. The normalized spacial score (nSPS) is 17.8. The third-order valence-corrected chi connectivity index (χ3v) is 6.67. The average molecular weight is 453 g/mol. The molecule has 1 aliphatic heterocycles. The molecule has 2 aromatic heterocycles. The van der Waals surface area contributed by atoms with Crippen LogP contribution in [0.2, 0.25) is 0 Å². The summed E-state index contributed by atoms with van der Waals surface area (Å²) in [7, 11) is 0. The zero-order valence-corrected chi connectivity index (χ0v) is 18.4. The number of benzene rings is 1. The van der Waals surface area contributed by atoms with Crippen LogP contribution in [0, 0.1) is 17.7 Å². The molecule has 0 saturated carbocycles. The maximum absolute atomic E-state index is 14.2. The van der Waals surface area contributed by atoms with Crippen LogP contribution in [-0.2, 0) is 23.6 Å². The number of aromatic nitrogens is 3. The molecule has 5 rings (SSSR count). The van der Waals surface area contributed by atoms with Crippen molar-refractivity contribution >= 4 is 23.2 Å². The summed E-state index contributed by atoms with van der Waals surface area (Å²) in [5, 5.41) is 20.6. The summed E-state index contributed by atoms with van der Waals surface area (Å²) >= 11 is 0. The summed E-state index contributed by atoms with van der Waals surface area (Å²) in [6.07, 6.45) is 2.93. The molecule has 0 unspecified atom stereocenters. The molecule has 3 N–H and O–H groups in total. The minimum Gasteiger partial charge on any atom is -0.381 e. The molecule has 1 saturated heterocycles. The molecule has 33 heavy (non-hydrogen) atoms. The minimum atomic E-state index is -2.78. The van der Waals surface area contributed by atoms with Gasteiger partial charge in [0.1, 0.15) is 17.1 Å². The van der Waals surface area contributed by atoms with Crippen molar-refractivity contribution in [3.8, 4) is 0 Å². The van der Waals surface area contributed by atoms with Gasteiger partial charge in [0.15, 0.2) is 5.65 Å². The highest BCUT2D eigenvalue weighted by molar-refractivity contribution is 5.90. The molecule has 9 heteroatoms. The Kier molecular flexibility index (Phi) is 5.44. The van der Waals surface area contributed by atoms with E-state index in [4.69, 9.17) is 15.6 Å². The summed E-state index contributed by atoms with van der Waals surface area (Å²) < 4.78 is 35.3. The standard InChI is InChI=1S/C24H26F2N6O/c1-14-30-22(29-12-16-3-2-4-20-17(16)5-8-24(20,25)26)19-11-18(15-6-9-33-10-7-15)21(28)32(13-27)23(19)31-14/h2-4,11,13,15,27-28H,5-10,12H2,1H3,(H,29,30,31). The predicted octanol–water partition coefficient (Wildman–Crippen LogP) is 4.22. The number of pyridine rings is 1. The molecule has 2 aliphatic rings. The number of anilines is 1. The van der Waals surface area contributed by atoms with Gasteiger partial charge in [0.25, 0.3) is 5.92 Å². The molecule has 1 aliphatic carbocycles. The lowest BCUT2D eigenvalue weighted by Crippen LogP contribution is -2.29. The number of nitrogens with zero attached hydrogens (tertiary/aromatic N) is 3. The van der Waals surface area contributed by atoms with E-state index in [2.05, 4.69) is 15.3 Å². The highest BCUT2D eigenvalue weighted by Crippen LogP contribution is 2.42. The Hall–Kier alpha value is -3.20. The van der Waals surface area contributed by atoms with Crippen LogP contribution >= 0.6 is 0 Å². The van der Waals surface area contributed by atoms with Crippen LogP contribution in [0.5, 0.6) is 0 Å². The zero-order valence-electron chi connectivity index (χ0n) is 18.4. The van der Waals surface area contributed by atoms with Gasteiger partial charge in [-0.1, -0.05) is 18.2 Å². The van der Waals surface area contributed by atoms with Gasteiger partial charge < -0.3 is 10.1 Å². The smallest absolute Gasteiger partial charge is 0.273 e. The molecular formula is C24H26F2N6O. The van der Waals surface area contributed by atoms with E-state index in [-0.39, 0.29) is 23.4 Å². The van der Waals surface area contributed by atoms with Crippen molar-refractivity contribution in [2.24, 2.45) is 0 Å². The molecule has 0 bridgehead atoms. The fourth-order valence-electron chi connectivity index (χ4n) is 4.97. The van der Waals surface area contributed by atoms with Crippen molar-refractivity contribution in [2.75, 3.05) is 18.5 Å². The van der Waals surface area contributed by atoms with Gasteiger partial charge in [0, 0.05) is 31.7 Å². The number of alkyl halides is 2. The number of nitrogens with one attached hydrogen (secondary N) is 3. The summed E-state index contributed by atoms with van der Waals surface area (Å²) in [5.74, 6) is -1.54. The molecule has 0 radical (unpaired) electrons. The lowest BCUT2D eigenvalue weighted by Gasteiger charge is -2.24. The third kappa shape index (κ3) is 3.80. The van der Waals surface area contributed by atoms with Crippen molar-refractivity contribution in [2.45, 2.75) is 51.0 Å². The van der Waals surface area contributed by atoms with Crippen LogP contribution in [0.1, 0.15) is 53.3 Å². The Morgan fingerprint density at radius 2 is 2.06 bits per heavy atom. The Morgan fingerprint density at radius 3 is 2.82 bits per heavy atom. The number of rotatable bonds is 5. The van der Waals surface area contributed by atoms with Crippen LogP contribution in [0.4, 0.5) is 14.6 Å². The molecule has 0 atom stereocenters. The van der Waals surface area contributed by atoms with Gasteiger partial charge in [0.2, 0.25) is 0 Å². The van der Waals surface area contributed by atoms with E-state index in [1.54, 1.807) is 13.0 Å². The Bertz CT molecular complexity index is 1300. The van der Waals surface area contributed by atoms with Crippen LogP contribution in [-0.4, -0.2) is 34.1 Å². The van der Waals surface area contributed by atoms with Crippen LogP contribution in [0.25, 0.3) is 11.0 Å². The van der Waals surface area contributed by atoms with Gasteiger partial charge in [-0.25, -0.2) is 18.7 Å². The fourth-order valence-corrected chi connectivity index (χ4v) is 4.97. The number of ether oxygens (including phenoxy) is 1. The second kappa shape index (κ2) is 8.30. The largest absolute Gasteiger partial charge is 0.381 e. The van der Waals surface area contributed by atoms with Crippen molar-refractivity contribution in [3.63, 3.8) is 0 Å². The molecule has 7 nitrogen and oxygen atoms in total. The lowest BCUT2D eigenvalue weighted by atomic mass is 9.92. The van der Waals surface area contributed by atoms with Gasteiger partial charge in [-0.05, 0) is 54.9 Å². The van der Waals surface area contributed by atoms with E-state index < -0.39 is 5.92 Å². The Labute approximate surface area is 189 Å². The van der Waals surface area contributed by atoms with Crippen LogP contribution < -0.4 is 10.8 Å². The summed E-state index contributed by atoms with van der Waals surface area (Å²) in [6.45, 7) is 3.40. The first-order valence-electron chi connectivity index (χ1n) is 11.2. The first-order valence-corrected chi connectivity index (χ1v) is 11.2. The minimum absolute atomic E-state index is 0.118. The summed E-state index contributed by atoms with van der Waals surface area (Å²) in [4.78, 5) is 9.09. The highest BCUT2D eigenvalue weighted by atomic mass is 19.3. The molecular weight excluding hydrogens is 426 g/mol. The maximum atomic E-state index is 14.2. The topological polar surface area (TPSA) is 99.7 Å². The van der Waals surface area contributed by atoms with Gasteiger partial charge in [-0.15, -0.1) is 0 Å². The second-order valence-electron chi connectivity index (χ2n) is 8.69. The first kappa shape index (κ1) is 21.6. The average Bonchev–Trinajstić information content (AvgIpc) is 3.13. The van der Waals surface area contributed by atoms with Crippen molar-refractivity contribution in [3.05, 3.63) is 57.8 Å². The van der Waals surface area contributed by atoms with Crippen molar-refractivity contribution in [1.82, 2.24) is 14.5 Å². The van der Waals surface area contributed by atoms with Gasteiger partial charge >= 0.3 is 0 Å². The van der Waals surface area contributed by atoms with Gasteiger partial charge in [-0.2, -0.15) is 0 Å². The monoisotopic (exact) mass is 452 g/mol. The van der Waals surface area contributed by atoms with Gasteiger partial charge in [-0.3, -0.25) is 15.4 Å². The first-order chi connectivity index (χ1) is 15.9. The van der Waals surface area contributed by atoms with Crippen molar-refractivity contribution < 1.29 is 13.5 Å². The SMILES string of the molecule is Cc1nc(NCc2cccc3c2CCC3(F)F)c2cc(C3CCOCC3)c(=N)n(C=N)c2n1. The van der Waals surface area contributed by atoms with E-state index in [0.717, 1.165) is 30.3 Å². The van der Waals surface area contributed by atoms with Crippen LogP contribution in [0.3, 0.4) is 0 Å². The van der Waals surface area contributed by atoms with E-state index in [1.807, 2.05) is 12.1 Å². The predicted molar refractivity (Wildman–Crippen MR) is 121 cm³/mol. The highest BCUT2D eigenvalue weighted by Gasteiger charge is 2.39. The quantitative estimate of drug-likeness (QED) is 0.399. The summed E-state index contributed by atoms with van der Waals surface area (Å²) in [6, 6.07) is 7.01. The molecule has 0 amide bonds. The number of aryl methyl sites for hydroxylation is 1. The molecule has 172 valence electrons. The lowest BCUT2D eigenvalue weighted by molar-refractivity contribution is -0.00184. The molecule has 3 aromatic rings. The number of hydrogen-bond donors (Lipinski definition) is 3. The maximum Gasteiger partial charge on any atom is 0.273 e. The summed E-state index contributed by atoms with van der Waals surface area (Å²) in [5.41, 5.74) is 3.21. The van der Waals surface area contributed by atoms with E-state index in [0.29, 0.717) is 54.4 Å². The van der Waals surface area contributed by atoms with Crippen LogP contribution in [0.15, 0.2) is 24.3 Å². The Morgan fingerprint density at radius 1 is 1.27 bits per heavy atom. The Balaban J connectivity index is 1.57. The van der Waals surface area contributed by atoms with E-state index in [1.165, 1.54) is 10.6 Å². The van der Waals surface area contributed by atoms with E-state index in [9.17, 15) is 8.78 Å². The van der Waals surface area contributed by atoms with Crippen molar-refractivity contribution in [1.29, 1.82) is 10.8 Å². The number of hydrogen-bond acceptors (Lipinski definition) is 6. The molecule has 0 spiro atoms.